The molecule has 1 N–H and O–H groups in total. The van der Waals surface area contributed by atoms with Gasteiger partial charge in [0.15, 0.2) is 0 Å². The zero-order valence-electron chi connectivity index (χ0n) is 9.21. The molecular weight excluding hydrogens is 223 g/mol. The van der Waals surface area contributed by atoms with Crippen LogP contribution in [0.25, 0.3) is 0 Å². The molecule has 0 aliphatic carbocycles. The topological polar surface area (TPSA) is 38.7 Å². The van der Waals surface area contributed by atoms with Gasteiger partial charge in [-0.15, -0.1) is 0 Å². The van der Waals surface area contributed by atoms with Gasteiger partial charge in [0.25, 0.3) is 0 Å². The molecule has 0 saturated carbocycles. The monoisotopic (exact) mass is 240 g/mol. The van der Waals surface area contributed by atoms with E-state index in [-0.39, 0.29) is 6.10 Å². The van der Waals surface area contributed by atoms with Crippen LogP contribution in [0, 0.1) is 0 Å². The number of hydrogen-bond donors (Lipinski definition) is 1. The molecule has 2 rings (SSSR count). The Morgan fingerprint density at radius 2 is 1.94 bits per heavy atom. The van der Waals surface area contributed by atoms with Crippen molar-refractivity contribution in [3.8, 4) is 0 Å². The van der Waals surface area contributed by atoms with Crippen LogP contribution in [-0.4, -0.2) is 11.5 Å². The average molecular weight is 240 g/mol. The summed E-state index contributed by atoms with van der Waals surface area (Å²) in [6.07, 6.45) is 4.18. The third-order valence-corrected chi connectivity index (χ3v) is 3.54. The molecule has 1 aromatic carbocycles. The summed E-state index contributed by atoms with van der Waals surface area (Å²) in [6.45, 7) is 0.601. The molecule has 2 unspecified atom stereocenters. The van der Waals surface area contributed by atoms with Crippen LogP contribution in [0.2, 0.25) is 0 Å². The highest BCUT2D eigenvalue weighted by Gasteiger charge is 2.19. The molecule has 4 heteroatoms. The maximum atomic E-state index is 9.59. The molecule has 1 fully saturated rings. The summed E-state index contributed by atoms with van der Waals surface area (Å²) < 4.78 is 10.8. The highest BCUT2D eigenvalue weighted by atomic mass is 31.2. The Hall–Kier alpha value is -0.470. The summed E-state index contributed by atoms with van der Waals surface area (Å²) in [7, 11) is -1.72. The third-order valence-electron chi connectivity index (χ3n) is 2.70. The molecule has 1 saturated heterocycles. The molecular formula is C12H17O3P. The van der Waals surface area contributed by atoms with Crippen molar-refractivity contribution in [3.05, 3.63) is 35.9 Å². The lowest BCUT2D eigenvalue weighted by Crippen LogP contribution is -2.01. The lowest BCUT2D eigenvalue weighted by Gasteiger charge is -2.18. The Kier molecular flexibility index (Phi) is 4.73. The van der Waals surface area contributed by atoms with Crippen molar-refractivity contribution in [2.24, 2.45) is 0 Å². The van der Waals surface area contributed by atoms with Gasteiger partial charge in [0.1, 0.15) is 0 Å². The van der Waals surface area contributed by atoms with Crippen LogP contribution in [0.5, 0.6) is 0 Å². The number of rotatable bonds is 1. The maximum Gasteiger partial charge on any atom is 0.330 e. The normalized spacial score (nSPS) is 27.8. The molecule has 16 heavy (non-hydrogen) atoms. The summed E-state index contributed by atoms with van der Waals surface area (Å²) in [4.78, 5) is 9.59. The van der Waals surface area contributed by atoms with Crippen molar-refractivity contribution in [1.29, 1.82) is 0 Å². The minimum atomic E-state index is -1.72. The number of hydrogen-bond acceptors (Lipinski definition) is 3. The molecule has 2 atom stereocenters. The van der Waals surface area contributed by atoms with Crippen molar-refractivity contribution in [1.82, 2.24) is 0 Å². The van der Waals surface area contributed by atoms with Gasteiger partial charge < -0.3 is 13.9 Å². The molecule has 0 spiro atoms. The molecule has 0 radical (unpaired) electrons. The molecule has 0 aromatic heterocycles. The smallest absolute Gasteiger partial charge is 0.328 e. The van der Waals surface area contributed by atoms with Gasteiger partial charge in [0.05, 0.1) is 12.7 Å². The van der Waals surface area contributed by atoms with E-state index in [1.54, 1.807) is 0 Å². The first-order valence-corrected chi connectivity index (χ1v) is 6.83. The van der Waals surface area contributed by atoms with Crippen LogP contribution < -0.4 is 0 Å². The molecule has 1 aliphatic rings. The lowest BCUT2D eigenvalue weighted by molar-refractivity contribution is 0.145. The van der Waals surface area contributed by atoms with Gasteiger partial charge in [0, 0.05) is 0 Å². The maximum absolute atomic E-state index is 9.59. The fraction of sp³-hybridized carbons (Fsp3) is 0.500. The third kappa shape index (κ3) is 3.53. The summed E-state index contributed by atoms with van der Waals surface area (Å²) >= 11 is 0. The van der Waals surface area contributed by atoms with Crippen LogP contribution in [0.3, 0.4) is 0 Å². The Labute approximate surface area is 97.4 Å². The largest absolute Gasteiger partial charge is 0.330 e. The molecule has 0 bridgehead atoms. The number of benzene rings is 1. The highest BCUT2D eigenvalue weighted by molar-refractivity contribution is 7.40. The van der Waals surface area contributed by atoms with Crippen molar-refractivity contribution in [3.63, 3.8) is 0 Å². The van der Waals surface area contributed by atoms with Crippen molar-refractivity contribution in [2.75, 3.05) is 6.61 Å². The van der Waals surface area contributed by atoms with Crippen LogP contribution >= 0.6 is 8.60 Å². The van der Waals surface area contributed by atoms with Gasteiger partial charge in [-0.25, -0.2) is 0 Å². The molecule has 88 valence electrons. The lowest BCUT2D eigenvalue weighted by atomic mass is 10.0. The van der Waals surface area contributed by atoms with E-state index >= 15 is 0 Å². The van der Waals surface area contributed by atoms with E-state index in [4.69, 9.17) is 9.05 Å². The Bertz CT molecular complexity index is 304. The van der Waals surface area contributed by atoms with Crippen molar-refractivity contribution >= 4 is 8.60 Å². The van der Waals surface area contributed by atoms with Crippen molar-refractivity contribution in [2.45, 2.75) is 31.8 Å². The summed E-state index contributed by atoms with van der Waals surface area (Å²) in [5, 5.41) is 0. The quantitative estimate of drug-likeness (QED) is 0.763. The zero-order chi connectivity index (χ0) is 11.2. The van der Waals surface area contributed by atoms with Crippen LogP contribution in [0.1, 0.15) is 37.4 Å². The Balaban J connectivity index is 2.05. The van der Waals surface area contributed by atoms with Gasteiger partial charge in [-0.1, -0.05) is 43.2 Å². The van der Waals surface area contributed by atoms with E-state index in [2.05, 4.69) is 0 Å². The summed E-state index contributed by atoms with van der Waals surface area (Å²) in [5.41, 5.74) is 1.12. The van der Waals surface area contributed by atoms with Crippen LogP contribution in [0.4, 0.5) is 0 Å². The predicted molar refractivity (Wildman–Crippen MR) is 63.8 cm³/mol. The minimum Gasteiger partial charge on any atom is -0.328 e. The van der Waals surface area contributed by atoms with Gasteiger partial charge in [-0.05, 0) is 18.4 Å². The second-order valence-electron chi connectivity index (χ2n) is 3.93. The standard InChI is InChI=1S/C12H17O3P/c13-16-14-10-6-2-5-9-12(15-16)11-7-3-1-4-8-11/h1,3-4,7-8,12-13H,2,5-6,9-10H2. The predicted octanol–water partition coefficient (Wildman–Crippen LogP) is 3.55. The minimum absolute atomic E-state index is 0.0320. The molecule has 1 aromatic rings. The van der Waals surface area contributed by atoms with Gasteiger partial charge in [0.2, 0.25) is 0 Å². The Morgan fingerprint density at radius 3 is 2.75 bits per heavy atom. The van der Waals surface area contributed by atoms with E-state index in [1.165, 1.54) is 0 Å². The van der Waals surface area contributed by atoms with E-state index in [0.717, 1.165) is 31.2 Å². The van der Waals surface area contributed by atoms with E-state index in [9.17, 15) is 4.89 Å². The highest BCUT2D eigenvalue weighted by Crippen LogP contribution is 2.42. The Morgan fingerprint density at radius 1 is 1.12 bits per heavy atom. The SMILES string of the molecule is OP1OCCCCCC(c2ccccc2)O1. The molecule has 1 aliphatic heterocycles. The van der Waals surface area contributed by atoms with Gasteiger partial charge >= 0.3 is 8.60 Å². The zero-order valence-corrected chi connectivity index (χ0v) is 10.1. The van der Waals surface area contributed by atoms with Crippen molar-refractivity contribution < 1.29 is 13.9 Å². The van der Waals surface area contributed by atoms with E-state index in [0.29, 0.717) is 6.61 Å². The second kappa shape index (κ2) is 6.31. The van der Waals surface area contributed by atoms with Gasteiger partial charge in [-0.2, -0.15) is 0 Å². The average Bonchev–Trinajstić information content (AvgIpc) is 2.42. The summed E-state index contributed by atoms with van der Waals surface area (Å²) in [6, 6.07) is 10.0. The first kappa shape index (κ1) is 12.0. The fourth-order valence-electron chi connectivity index (χ4n) is 1.84. The van der Waals surface area contributed by atoms with E-state index < -0.39 is 8.60 Å². The van der Waals surface area contributed by atoms with E-state index in [1.807, 2.05) is 30.3 Å². The second-order valence-corrected chi connectivity index (χ2v) is 4.87. The summed E-state index contributed by atoms with van der Waals surface area (Å²) in [5.74, 6) is 0. The first-order chi connectivity index (χ1) is 7.86. The molecule has 3 nitrogen and oxygen atoms in total. The molecule has 0 amide bonds. The van der Waals surface area contributed by atoms with Crippen LogP contribution in [-0.2, 0) is 9.05 Å². The van der Waals surface area contributed by atoms with Crippen LogP contribution in [0.15, 0.2) is 30.3 Å². The molecule has 1 heterocycles. The first-order valence-electron chi connectivity index (χ1n) is 5.70. The fourth-order valence-corrected chi connectivity index (χ4v) is 2.63. The van der Waals surface area contributed by atoms with Gasteiger partial charge in [-0.3, -0.25) is 0 Å².